The third-order valence-electron chi connectivity index (χ3n) is 2.21. The van der Waals surface area contributed by atoms with Crippen molar-refractivity contribution in [2.24, 2.45) is 0 Å². The van der Waals surface area contributed by atoms with E-state index in [2.05, 4.69) is 11.9 Å². The van der Waals surface area contributed by atoms with Gasteiger partial charge in [0.25, 0.3) is 0 Å². The molecule has 1 amide bonds. The van der Waals surface area contributed by atoms with Crippen LogP contribution in [0, 0.1) is 0 Å². The molecular weight excluding hydrogens is 218 g/mol. The zero-order chi connectivity index (χ0) is 12.5. The van der Waals surface area contributed by atoms with Gasteiger partial charge in [-0.25, -0.2) is 4.79 Å². The lowest BCUT2D eigenvalue weighted by atomic mass is 10.2. The summed E-state index contributed by atoms with van der Waals surface area (Å²) in [5.41, 5.74) is 0.923. The molecule has 0 fully saturated rings. The van der Waals surface area contributed by atoms with Crippen LogP contribution in [0.5, 0.6) is 0 Å². The third-order valence-corrected chi connectivity index (χ3v) is 2.21. The summed E-state index contributed by atoms with van der Waals surface area (Å²) in [6, 6.07) is 9.07. The number of nitrogens with one attached hydrogen (secondary N) is 1. The first-order chi connectivity index (χ1) is 8.26. The average Bonchev–Trinajstić information content (AvgIpc) is 2.37. The van der Waals surface area contributed by atoms with Crippen molar-refractivity contribution in [3.05, 3.63) is 48.6 Å². The lowest BCUT2D eigenvalue weighted by molar-refractivity contribution is 0.129. The molecule has 0 saturated carbocycles. The lowest BCUT2D eigenvalue weighted by Gasteiger charge is -2.14. The van der Waals surface area contributed by atoms with E-state index in [9.17, 15) is 4.79 Å². The topological polar surface area (TPSA) is 58.6 Å². The number of carbonyl (C=O) groups excluding carboxylic acids is 1. The van der Waals surface area contributed by atoms with Gasteiger partial charge in [0.05, 0.1) is 12.6 Å². The highest BCUT2D eigenvalue weighted by Gasteiger charge is 2.10. The quantitative estimate of drug-likeness (QED) is 0.740. The van der Waals surface area contributed by atoms with Gasteiger partial charge in [-0.2, -0.15) is 0 Å². The SMILES string of the molecule is C=CCC(CO)NC(=O)OCc1ccccc1. The molecule has 92 valence electrons. The number of rotatable bonds is 6. The maximum absolute atomic E-state index is 11.4. The van der Waals surface area contributed by atoms with Gasteiger partial charge < -0.3 is 15.2 Å². The second-order valence-corrected chi connectivity index (χ2v) is 3.61. The van der Waals surface area contributed by atoms with Crippen molar-refractivity contribution in [1.82, 2.24) is 5.32 Å². The Bertz CT molecular complexity index is 351. The van der Waals surface area contributed by atoms with Crippen LogP contribution >= 0.6 is 0 Å². The second kappa shape index (κ2) is 7.46. The molecular formula is C13H17NO3. The number of carbonyl (C=O) groups is 1. The van der Waals surface area contributed by atoms with E-state index in [1.54, 1.807) is 6.08 Å². The van der Waals surface area contributed by atoms with Gasteiger partial charge in [0, 0.05) is 0 Å². The Kier molecular flexibility index (Phi) is 5.82. The fraction of sp³-hybridized carbons (Fsp3) is 0.308. The minimum absolute atomic E-state index is 0.132. The van der Waals surface area contributed by atoms with E-state index < -0.39 is 6.09 Å². The minimum Gasteiger partial charge on any atom is -0.445 e. The molecule has 0 saturated heterocycles. The summed E-state index contributed by atoms with van der Waals surface area (Å²) in [5.74, 6) is 0. The fourth-order valence-corrected chi connectivity index (χ4v) is 1.31. The molecule has 0 bridgehead atoms. The Hall–Kier alpha value is -1.81. The predicted octanol–water partition coefficient (Wildman–Crippen LogP) is 1.85. The Balaban J connectivity index is 2.32. The molecule has 0 radical (unpaired) electrons. The first-order valence-corrected chi connectivity index (χ1v) is 5.45. The Labute approximate surface area is 101 Å². The van der Waals surface area contributed by atoms with Gasteiger partial charge in [0.1, 0.15) is 6.61 Å². The molecule has 4 heteroatoms. The molecule has 1 aromatic rings. The first-order valence-electron chi connectivity index (χ1n) is 5.45. The molecule has 4 nitrogen and oxygen atoms in total. The molecule has 17 heavy (non-hydrogen) atoms. The van der Waals surface area contributed by atoms with E-state index in [0.717, 1.165) is 5.56 Å². The van der Waals surface area contributed by atoms with Crippen molar-refractivity contribution in [2.45, 2.75) is 19.1 Å². The summed E-state index contributed by atoms with van der Waals surface area (Å²) in [6.07, 6.45) is 1.62. The number of aliphatic hydroxyl groups excluding tert-OH is 1. The number of aliphatic hydroxyl groups is 1. The van der Waals surface area contributed by atoms with Crippen molar-refractivity contribution >= 4 is 6.09 Å². The number of amides is 1. The van der Waals surface area contributed by atoms with Gasteiger partial charge in [-0.15, -0.1) is 6.58 Å². The van der Waals surface area contributed by atoms with Crippen molar-refractivity contribution in [3.63, 3.8) is 0 Å². The van der Waals surface area contributed by atoms with Crippen LogP contribution in [-0.4, -0.2) is 23.8 Å². The standard InChI is InChI=1S/C13H17NO3/c1-2-6-12(9-15)14-13(16)17-10-11-7-4-3-5-8-11/h2-5,7-8,12,15H,1,6,9-10H2,(H,14,16). The van der Waals surface area contributed by atoms with Crippen LogP contribution in [0.25, 0.3) is 0 Å². The van der Waals surface area contributed by atoms with Gasteiger partial charge >= 0.3 is 6.09 Å². The summed E-state index contributed by atoms with van der Waals surface area (Å²) in [7, 11) is 0. The van der Waals surface area contributed by atoms with Gasteiger partial charge in [-0.05, 0) is 12.0 Å². The van der Waals surface area contributed by atoms with Crippen LogP contribution in [0.1, 0.15) is 12.0 Å². The molecule has 2 N–H and O–H groups in total. The van der Waals surface area contributed by atoms with Crippen LogP contribution < -0.4 is 5.32 Å². The Morgan fingerprint density at radius 1 is 1.47 bits per heavy atom. The number of hydrogen-bond acceptors (Lipinski definition) is 3. The summed E-state index contributed by atoms with van der Waals surface area (Å²) in [4.78, 5) is 11.4. The Morgan fingerprint density at radius 2 is 2.18 bits per heavy atom. The molecule has 1 unspecified atom stereocenters. The summed E-state index contributed by atoms with van der Waals surface area (Å²) in [5, 5.41) is 11.5. The summed E-state index contributed by atoms with van der Waals surface area (Å²) >= 11 is 0. The zero-order valence-electron chi connectivity index (χ0n) is 9.63. The maximum Gasteiger partial charge on any atom is 0.407 e. The van der Waals surface area contributed by atoms with E-state index >= 15 is 0 Å². The summed E-state index contributed by atoms with van der Waals surface area (Å²) in [6.45, 7) is 3.63. The molecule has 1 aromatic carbocycles. The van der Waals surface area contributed by atoms with Crippen molar-refractivity contribution in [2.75, 3.05) is 6.61 Å². The molecule has 0 aliphatic rings. The Morgan fingerprint density at radius 3 is 2.76 bits per heavy atom. The van der Waals surface area contributed by atoms with Gasteiger partial charge in [0.2, 0.25) is 0 Å². The molecule has 0 spiro atoms. The van der Waals surface area contributed by atoms with Crippen molar-refractivity contribution in [3.8, 4) is 0 Å². The van der Waals surface area contributed by atoms with Crippen molar-refractivity contribution < 1.29 is 14.6 Å². The second-order valence-electron chi connectivity index (χ2n) is 3.61. The van der Waals surface area contributed by atoms with Crippen LogP contribution in [0.2, 0.25) is 0 Å². The van der Waals surface area contributed by atoms with Gasteiger partial charge in [-0.3, -0.25) is 0 Å². The molecule has 1 rings (SSSR count). The zero-order valence-corrected chi connectivity index (χ0v) is 9.63. The summed E-state index contributed by atoms with van der Waals surface area (Å²) < 4.78 is 5.01. The number of hydrogen-bond donors (Lipinski definition) is 2. The van der Waals surface area contributed by atoms with E-state index in [4.69, 9.17) is 9.84 Å². The largest absolute Gasteiger partial charge is 0.445 e. The number of benzene rings is 1. The van der Waals surface area contributed by atoms with Crippen LogP contribution in [0.4, 0.5) is 4.79 Å². The molecule has 0 aliphatic heterocycles. The maximum atomic E-state index is 11.4. The van der Waals surface area contributed by atoms with Crippen LogP contribution in [0.15, 0.2) is 43.0 Å². The number of alkyl carbamates (subject to hydrolysis) is 1. The van der Waals surface area contributed by atoms with Crippen molar-refractivity contribution in [1.29, 1.82) is 0 Å². The first kappa shape index (κ1) is 13.3. The molecule has 0 aliphatic carbocycles. The number of ether oxygens (including phenoxy) is 1. The molecule has 0 aromatic heterocycles. The lowest BCUT2D eigenvalue weighted by Crippen LogP contribution is -2.37. The normalized spacial score (nSPS) is 11.6. The van der Waals surface area contributed by atoms with E-state index in [1.807, 2.05) is 30.3 Å². The van der Waals surface area contributed by atoms with E-state index in [0.29, 0.717) is 6.42 Å². The highest BCUT2D eigenvalue weighted by molar-refractivity contribution is 5.67. The monoisotopic (exact) mass is 235 g/mol. The van der Waals surface area contributed by atoms with E-state index in [1.165, 1.54) is 0 Å². The van der Waals surface area contributed by atoms with Gasteiger partial charge in [0.15, 0.2) is 0 Å². The fourth-order valence-electron chi connectivity index (χ4n) is 1.31. The highest BCUT2D eigenvalue weighted by Crippen LogP contribution is 2.01. The average molecular weight is 235 g/mol. The molecule has 0 heterocycles. The highest BCUT2D eigenvalue weighted by atomic mass is 16.5. The third kappa shape index (κ3) is 5.17. The van der Waals surface area contributed by atoms with Gasteiger partial charge in [-0.1, -0.05) is 36.4 Å². The van der Waals surface area contributed by atoms with Crippen LogP contribution in [-0.2, 0) is 11.3 Å². The van der Waals surface area contributed by atoms with Crippen LogP contribution in [0.3, 0.4) is 0 Å². The predicted molar refractivity (Wildman–Crippen MR) is 65.5 cm³/mol. The van der Waals surface area contributed by atoms with E-state index in [-0.39, 0.29) is 19.3 Å². The molecule has 1 atom stereocenters. The smallest absolute Gasteiger partial charge is 0.407 e. The minimum atomic E-state index is -0.533.